The number of nitrogens with one attached hydrogen (secondary N) is 4. The standard InChI is InChI=1S/C25H24N8O/c34-23(8-15-3-6-26-7-4-15)30-18-9-16(12-27-14-18)17-10-19-24(32-33-25(19)29-13-17)22-11-21-20(31-22)2-1-5-28-21/h1-2,5,9-15,26,31H,3-4,6-8H2,(H,30,34)(H,29,32,33). The number of H-pyrrole nitrogens is 2. The van der Waals surface area contributed by atoms with Crippen molar-refractivity contribution in [1.82, 2.24) is 35.5 Å². The number of nitrogens with zero attached hydrogens (tertiary/aromatic N) is 4. The number of anilines is 1. The van der Waals surface area contributed by atoms with Gasteiger partial charge >= 0.3 is 0 Å². The van der Waals surface area contributed by atoms with Gasteiger partial charge in [-0.15, -0.1) is 0 Å². The summed E-state index contributed by atoms with van der Waals surface area (Å²) in [7, 11) is 0. The highest BCUT2D eigenvalue weighted by atomic mass is 16.1. The van der Waals surface area contributed by atoms with Gasteiger partial charge in [0.2, 0.25) is 5.91 Å². The van der Waals surface area contributed by atoms with E-state index >= 15 is 0 Å². The van der Waals surface area contributed by atoms with Crippen LogP contribution in [0.1, 0.15) is 19.3 Å². The van der Waals surface area contributed by atoms with E-state index in [1.165, 1.54) is 0 Å². The first kappa shape index (κ1) is 20.5. The lowest BCUT2D eigenvalue weighted by atomic mass is 9.94. The van der Waals surface area contributed by atoms with Crippen molar-refractivity contribution < 1.29 is 4.79 Å². The van der Waals surface area contributed by atoms with E-state index in [0.29, 0.717) is 23.7 Å². The van der Waals surface area contributed by atoms with Crippen molar-refractivity contribution in [3.05, 3.63) is 55.1 Å². The third-order valence-corrected chi connectivity index (χ3v) is 6.36. The molecule has 1 fully saturated rings. The number of rotatable bonds is 5. The number of amides is 1. The van der Waals surface area contributed by atoms with Crippen LogP contribution in [0, 0.1) is 5.92 Å². The minimum atomic E-state index is 0.0315. The molecule has 0 saturated carbocycles. The van der Waals surface area contributed by atoms with Crippen LogP contribution < -0.4 is 10.6 Å². The minimum Gasteiger partial charge on any atom is -0.352 e. The molecule has 0 radical (unpaired) electrons. The minimum absolute atomic E-state index is 0.0315. The van der Waals surface area contributed by atoms with Gasteiger partial charge in [0, 0.05) is 41.5 Å². The summed E-state index contributed by atoms with van der Waals surface area (Å²) in [6, 6.07) is 9.86. The highest BCUT2D eigenvalue weighted by Crippen LogP contribution is 2.30. The number of piperidine rings is 1. The van der Waals surface area contributed by atoms with E-state index in [0.717, 1.165) is 64.9 Å². The summed E-state index contributed by atoms with van der Waals surface area (Å²) in [5.74, 6) is 0.465. The molecule has 170 valence electrons. The fourth-order valence-electron chi connectivity index (χ4n) is 4.58. The van der Waals surface area contributed by atoms with Crippen molar-refractivity contribution in [3.63, 3.8) is 0 Å². The maximum Gasteiger partial charge on any atom is 0.224 e. The van der Waals surface area contributed by atoms with Crippen LogP contribution in [-0.4, -0.2) is 49.1 Å². The van der Waals surface area contributed by atoms with Crippen LogP contribution in [0.4, 0.5) is 5.69 Å². The molecule has 1 aliphatic rings. The number of hydrogen-bond acceptors (Lipinski definition) is 6. The second kappa shape index (κ2) is 8.68. The summed E-state index contributed by atoms with van der Waals surface area (Å²) >= 11 is 0. The molecule has 9 nitrogen and oxygen atoms in total. The first-order valence-electron chi connectivity index (χ1n) is 11.5. The van der Waals surface area contributed by atoms with Crippen LogP contribution in [0.15, 0.2) is 55.1 Å². The van der Waals surface area contributed by atoms with Crippen LogP contribution in [0.2, 0.25) is 0 Å². The second-order valence-corrected chi connectivity index (χ2v) is 8.72. The smallest absolute Gasteiger partial charge is 0.224 e. The zero-order valence-corrected chi connectivity index (χ0v) is 18.5. The fourth-order valence-corrected chi connectivity index (χ4v) is 4.58. The predicted molar refractivity (Wildman–Crippen MR) is 131 cm³/mol. The molecule has 1 amide bonds. The van der Waals surface area contributed by atoms with Crippen LogP contribution in [-0.2, 0) is 4.79 Å². The Morgan fingerprint density at radius 2 is 1.94 bits per heavy atom. The number of aromatic amines is 2. The zero-order valence-electron chi connectivity index (χ0n) is 18.5. The van der Waals surface area contributed by atoms with Crippen molar-refractivity contribution in [3.8, 4) is 22.5 Å². The summed E-state index contributed by atoms with van der Waals surface area (Å²) < 4.78 is 0. The van der Waals surface area contributed by atoms with Crippen molar-refractivity contribution in [2.75, 3.05) is 18.4 Å². The number of carbonyl (C=O) groups is 1. The Kier molecular flexibility index (Phi) is 5.23. The molecule has 6 heterocycles. The monoisotopic (exact) mass is 452 g/mol. The van der Waals surface area contributed by atoms with E-state index in [2.05, 4.69) is 40.8 Å². The van der Waals surface area contributed by atoms with Crippen molar-refractivity contribution in [1.29, 1.82) is 0 Å². The third-order valence-electron chi connectivity index (χ3n) is 6.36. The topological polar surface area (TPSA) is 124 Å². The summed E-state index contributed by atoms with van der Waals surface area (Å²) in [5.41, 5.74) is 6.68. The Morgan fingerprint density at radius 1 is 1.06 bits per heavy atom. The van der Waals surface area contributed by atoms with E-state index in [9.17, 15) is 4.79 Å². The van der Waals surface area contributed by atoms with Gasteiger partial charge in [-0.25, -0.2) is 4.98 Å². The van der Waals surface area contributed by atoms with Gasteiger partial charge in [0.05, 0.1) is 34.3 Å². The quantitative estimate of drug-likeness (QED) is 0.321. The average Bonchev–Trinajstić information content (AvgIpc) is 3.48. The first-order valence-corrected chi connectivity index (χ1v) is 11.5. The van der Waals surface area contributed by atoms with Crippen molar-refractivity contribution in [2.24, 2.45) is 5.92 Å². The molecule has 1 saturated heterocycles. The van der Waals surface area contributed by atoms with Gasteiger partial charge in [-0.05, 0) is 62.2 Å². The molecule has 0 aromatic carbocycles. The molecule has 0 bridgehead atoms. The third kappa shape index (κ3) is 4.01. The maximum absolute atomic E-state index is 12.6. The number of hydrogen-bond donors (Lipinski definition) is 4. The lowest BCUT2D eigenvalue weighted by Gasteiger charge is -2.21. The van der Waals surface area contributed by atoms with Gasteiger partial charge in [0.25, 0.3) is 0 Å². The Hall–Kier alpha value is -4.11. The lowest BCUT2D eigenvalue weighted by molar-refractivity contribution is -0.117. The largest absolute Gasteiger partial charge is 0.352 e. The van der Waals surface area contributed by atoms with E-state index in [4.69, 9.17) is 0 Å². The Morgan fingerprint density at radius 3 is 2.82 bits per heavy atom. The maximum atomic E-state index is 12.6. The van der Waals surface area contributed by atoms with Crippen LogP contribution >= 0.6 is 0 Å². The lowest BCUT2D eigenvalue weighted by Crippen LogP contribution is -2.30. The summed E-state index contributed by atoms with van der Waals surface area (Å²) in [4.78, 5) is 29.2. The summed E-state index contributed by atoms with van der Waals surface area (Å²) in [5, 5.41) is 14.7. The number of aromatic nitrogens is 6. The SMILES string of the molecule is O=C(CC1CCNCC1)Nc1cncc(-c2cnc3n[nH]c(-c4cc5ncccc5[nH]4)c3c2)c1. The van der Waals surface area contributed by atoms with E-state index in [1.807, 2.05) is 30.3 Å². The molecule has 1 aliphatic heterocycles. The van der Waals surface area contributed by atoms with Crippen molar-refractivity contribution in [2.45, 2.75) is 19.3 Å². The molecule has 4 N–H and O–H groups in total. The Balaban J connectivity index is 1.27. The van der Waals surface area contributed by atoms with E-state index in [1.54, 1.807) is 24.8 Å². The fraction of sp³-hybridized carbons (Fsp3) is 0.240. The van der Waals surface area contributed by atoms with Crippen LogP contribution in [0.25, 0.3) is 44.6 Å². The molecule has 0 atom stereocenters. The van der Waals surface area contributed by atoms with Gasteiger partial charge in [-0.2, -0.15) is 5.10 Å². The highest BCUT2D eigenvalue weighted by Gasteiger charge is 2.17. The summed E-state index contributed by atoms with van der Waals surface area (Å²) in [6.07, 6.45) is 9.62. The van der Waals surface area contributed by atoms with Gasteiger partial charge in [0.15, 0.2) is 5.65 Å². The van der Waals surface area contributed by atoms with Crippen LogP contribution in [0.5, 0.6) is 0 Å². The molecule has 0 unspecified atom stereocenters. The van der Waals surface area contributed by atoms with Gasteiger partial charge < -0.3 is 15.6 Å². The number of fused-ring (bicyclic) bond motifs is 2. The molecule has 5 aromatic rings. The number of carbonyl (C=O) groups excluding carboxylic acids is 1. The van der Waals surface area contributed by atoms with E-state index < -0.39 is 0 Å². The molecule has 5 aromatic heterocycles. The Labute approximate surface area is 195 Å². The predicted octanol–water partition coefficient (Wildman–Crippen LogP) is 3.89. The van der Waals surface area contributed by atoms with Gasteiger partial charge in [-0.3, -0.25) is 19.9 Å². The molecular weight excluding hydrogens is 428 g/mol. The molecular formula is C25H24N8O. The molecule has 9 heteroatoms. The highest BCUT2D eigenvalue weighted by molar-refractivity contribution is 5.95. The van der Waals surface area contributed by atoms with Crippen molar-refractivity contribution >= 4 is 33.7 Å². The Bertz CT molecular complexity index is 1450. The van der Waals surface area contributed by atoms with E-state index in [-0.39, 0.29) is 5.91 Å². The summed E-state index contributed by atoms with van der Waals surface area (Å²) in [6.45, 7) is 1.96. The zero-order chi connectivity index (χ0) is 22.9. The molecule has 34 heavy (non-hydrogen) atoms. The first-order chi connectivity index (χ1) is 16.7. The van der Waals surface area contributed by atoms with Gasteiger partial charge in [-0.1, -0.05) is 0 Å². The van der Waals surface area contributed by atoms with Crippen LogP contribution in [0.3, 0.4) is 0 Å². The molecule has 0 spiro atoms. The number of pyridine rings is 3. The van der Waals surface area contributed by atoms with Gasteiger partial charge in [0.1, 0.15) is 0 Å². The molecule has 6 rings (SSSR count). The molecule has 0 aliphatic carbocycles. The second-order valence-electron chi connectivity index (χ2n) is 8.72. The average molecular weight is 453 g/mol. The normalized spacial score (nSPS) is 14.6.